The summed E-state index contributed by atoms with van der Waals surface area (Å²) in [5.41, 5.74) is 1.18. The van der Waals surface area contributed by atoms with Gasteiger partial charge in [0.2, 0.25) is 17.1 Å². The Morgan fingerprint density at radius 3 is 2.27 bits per heavy atom. The van der Waals surface area contributed by atoms with Crippen LogP contribution >= 0.6 is 23.1 Å². The summed E-state index contributed by atoms with van der Waals surface area (Å²) in [6.07, 6.45) is 5.02. The van der Waals surface area contributed by atoms with Crippen LogP contribution in [0.4, 0.5) is 5.69 Å². The van der Waals surface area contributed by atoms with Crippen molar-refractivity contribution >= 4 is 62.8 Å². The minimum Gasteiger partial charge on any atom is -0.465 e. The quantitative estimate of drug-likeness (QED) is 0.193. The standard InChI is InChI=1S/C23H22N2O6S2/c1-3-30-21(28)18(22(29)31-4-2)33-23-24-14-8-7-13(10-15(14)32-23)25-19(26)16-11-5-6-12(9-11)17(16)20(25)27/h5-8,10-12,16-18H,3-4,9H2,1-2H3/t11-,12-,16+,17+/m0/s1. The highest BCUT2D eigenvalue weighted by atomic mass is 32.2. The lowest BCUT2D eigenvalue weighted by atomic mass is 9.85. The lowest BCUT2D eigenvalue weighted by Gasteiger charge is -2.17. The molecule has 4 atom stereocenters. The van der Waals surface area contributed by atoms with Gasteiger partial charge in [-0.15, -0.1) is 11.3 Å². The maximum atomic E-state index is 13.1. The first-order chi connectivity index (χ1) is 15.9. The molecule has 1 aromatic heterocycles. The summed E-state index contributed by atoms with van der Waals surface area (Å²) < 4.78 is 11.3. The SMILES string of the molecule is CCOC(=O)C(Sc1nc2ccc(N3C(=O)[C@H]4[C@H](C3=O)[C@H]3C=C[C@H]4C3)cc2s1)C(=O)OCC. The Bertz CT molecular complexity index is 1140. The fourth-order valence-electron chi connectivity index (χ4n) is 4.97. The van der Waals surface area contributed by atoms with Gasteiger partial charge in [-0.2, -0.15) is 0 Å². The maximum absolute atomic E-state index is 13.1. The van der Waals surface area contributed by atoms with Crippen LogP contribution in [0.15, 0.2) is 34.7 Å². The zero-order chi connectivity index (χ0) is 23.3. The second kappa shape index (κ2) is 8.57. The van der Waals surface area contributed by atoms with Gasteiger partial charge in [0.1, 0.15) is 0 Å². The number of imide groups is 1. The van der Waals surface area contributed by atoms with Crippen molar-refractivity contribution in [1.29, 1.82) is 0 Å². The van der Waals surface area contributed by atoms with Gasteiger partial charge in [-0.05, 0) is 50.3 Å². The van der Waals surface area contributed by atoms with Gasteiger partial charge in [-0.1, -0.05) is 23.9 Å². The number of benzene rings is 1. The van der Waals surface area contributed by atoms with E-state index >= 15 is 0 Å². The molecular weight excluding hydrogens is 464 g/mol. The monoisotopic (exact) mass is 486 g/mol. The van der Waals surface area contributed by atoms with Crippen molar-refractivity contribution in [3.05, 3.63) is 30.4 Å². The number of allylic oxidation sites excluding steroid dienone is 2. The van der Waals surface area contributed by atoms with Crippen molar-refractivity contribution in [3.63, 3.8) is 0 Å². The topological polar surface area (TPSA) is 103 Å². The van der Waals surface area contributed by atoms with E-state index in [-0.39, 0.29) is 48.7 Å². The number of aromatic nitrogens is 1. The molecule has 5 rings (SSSR count). The molecule has 3 aliphatic rings. The summed E-state index contributed by atoms with van der Waals surface area (Å²) in [5, 5.41) is -1.17. The van der Waals surface area contributed by atoms with Crippen molar-refractivity contribution in [2.45, 2.75) is 29.9 Å². The van der Waals surface area contributed by atoms with Crippen LogP contribution in [0.2, 0.25) is 0 Å². The van der Waals surface area contributed by atoms with Crippen LogP contribution in [-0.2, 0) is 28.7 Å². The van der Waals surface area contributed by atoms with Gasteiger partial charge < -0.3 is 9.47 Å². The molecule has 10 heteroatoms. The fourth-order valence-corrected chi connectivity index (χ4v) is 7.13. The third-order valence-electron chi connectivity index (χ3n) is 6.30. The van der Waals surface area contributed by atoms with Crippen LogP contribution in [0, 0.1) is 23.7 Å². The third-order valence-corrected chi connectivity index (χ3v) is 8.57. The maximum Gasteiger partial charge on any atom is 0.331 e. The first kappa shape index (κ1) is 22.1. The average molecular weight is 487 g/mol. The Hall–Kier alpha value is -2.72. The number of thiazole rings is 1. The van der Waals surface area contributed by atoms with Crippen LogP contribution in [-0.4, -0.2) is 47.2 Å². The molecule has 33 heavy (non-hydrogen) atoms. The van der Waals surface area contributed by atoms with E-state index < -0.39 is 17.2 Å². The molecule has 0 radical (unpaired) electrons. The second-order valence-corrected chi connectivity index (χ2v) is 10.5. The Morgan fingerprint density at radius 1 is 1.09 bits per heavy atom. The number of amides is 2. The third kappa shape index (κ3) is 3.65. The first-order valence-corrected chi connectivity index (χ1v) is 12.6. The molecule has 0 unspecified atom stereocenters. The minimum absolute atomic E-state index is 0.134. The molecule has 2 aliphatic carbocycles. The van der Waals surface area contributed by atoms with Crippen molar-refractivity contribution in [1.82, 2.24) is 4.98 Å². The highest BCUT2D eigenvalue weighted by Gasteiger charge is 2.59. The summed E-state index contributed by atoms with van der Waals surface area (Å²) in [7, 11) is 0. The van der Waals surface area contributed by atoms with E-state index in [4.69, 9.17) is 9.47 Å². The zero-order valence-electron chi connectivity index (χ0n) is 18.1. The number of anilines is 1. The number of rotatable bonds is 7. The summed E-state index contributed by atoms with van der Waals surface area (Å²) in [6, 6.07) is 5.24. The van der Waals surface area contributed by atoms with Crippen molar-refractivity contribution in [2.24, 2.45) is 23.7 Å². The summed E-state index contributed by atoms with van der Waals surface area (Å²) in [6.45, 7) is 3.63. The molecule has 1 saturated carbocycles. The first-order valence-electron chi connectivity index (χ1n) is 10.9. The van der Waals surface area contributed by atoms with Gasteiger partial charge in [0.25, 0.3) is 0 Å². The van der Waals surface area contributed by atoms with Gasteiger partial charge in [-0.3, -0.25) is 19.2 Å². The molecule has 1 saturated heterocycles. The molecular formula is C23H22N2O6S2. The predicted molar refractivity (Wildman–Crippen MR) is 123 cm³/mol. The van der Waals surface area contributed by atoms with Gasteiger partial charge in [0, 0.05) is 0 Å². The summed E-state index contributed by atoms with van der Waals surface area (Å²) in [4.78, 5) is 56.6. The molecule has 0 N–H and O–H groups in total. The van der Waals surface area contributed by atoms with Crippen molar-refractivity contribution in [3.8, 4) is 0 Å². The molecule has 1 aromatic carbocycles. The molecule has 2 heterocycles. The molecule has 172 valence electrons. The molecule has 8 nitrogen and oxygen atoms in total. The smallest absolute Gasteiger partial charge is 0.331 e. The Labute approximate surface area is 198 Å². The van der Waals surface area contributed by atoms with E-state index in [0.29, 0.717) is 15.5 Å². The van der Waals surface area contributed by atoms with Crippen molar-refractivity contribution in [2.75, 3.05) is 18.1 Å². The molecule has 2 fully saturated rings. The van der Waals surface area contributed by atoms with E-state index in [1.54, 1.807) is 32.0 Å². The van der Waals surface area contributed by atoms with E-state index in [0.717, 1.165) is 22.9 Å². The normalized spacial score (nSPS) is 25.4. The number of nitrogens with zero attached hydrogens (tertiary/aromatic N) is 2. The number of hydrogen-bond donors (Lipinski definition) is 0. The fraction of sp³-hybridized carbons (Fsp3) is 0.435. The van der Waals surface area contributed by atoms with E-state index in [1.165, 1.54) is 16.2 Å². The minimum atomic E-state index is -1.17. The van der Waals surface area contributed by atoms with Gasteiger partial charge in [-0.25, -0.2) is 9.88 Å². The Balaban J connectivity index is 1.40. The number of esters is 2. The van der Waals surface area contributed by atoms with E-state index in [9.17, 15) is 19.2 Å². The number of carbonyl (C=O) groups excluding carboxylic acids is 4. The molecule has 1 aliphatic heterocycles. The number of carbonyl (C=O) groups is 4. The van der Waals surface area contributed by atoms with E-state index in [1.807, 2.05) is 0 Å². The van der Waals surface area contributed by atoms with Crippen LogP contribution in [0.1, 0.15) is 20.3 Å². The van der Waals surface area contributed by atoms with Gasteiger partial charge in [0.15, 0.2) is 4.34 Å². The van der Waals surface area contributed by atoms with E-state index in [2.05, 4.69) is 17.1 Å². The average Bonchev–Trinajstić information content (AvgIpc) is 3.54. The number of hydrogen-bond acceptors (Lipinski definition) is 9. The number of thioether (sulfide) groups is 1. The predicted octanol–water partition coefficient (Wildman–Crippen LogP) is 3.19. The molecule has 2 amide bonds. The van der Waals surface area contributed by atoms with Crippen LogP contribution in [0.3, 0.4) is 0 Å². The molecule has 2 aromatic rings. The second-order valence-electron chi connectivity index (χ2n) is 8.15. The van der Waals surface area contributed by atoms with Crippen molar-refractivity contribution < 1.29 is 28.7 Å². The highest BCUT2D eigenvalue weighted by Crippen LogP contribution is 2.53. The Morgan fingerprint density at radius 2 is 1.70 bits per heavy atom. The molecule has 2 bridgehead atoms. The Kier molecular flexibility index (Phi) is 5.74. The number of ether oxygens (including phenoxy) is 2. The van der Waals surface area contributed by atoms with Crippen LogP contribution in [0.5, 0.6) is 0 Å². The lowest BCUT2D eigenvalue weighted by Crippen LogP contribution is -2.32. The van der Waals surface area contributed by atoms with Gasteiger partial charge >= 0.3 is 11.9 Å². The molecule has 0 spiro atoms. The van der Waals surface area contributed by atoms with Crippen LogP contribution < -0.4 is 4.90 Å². The lowest BCUT2D eigenvalue weighted by molar-refractivity contribution is -0.153. The zero-order valence-corrected chi connectivity index (χ0v) is 19.7. The summed E-state index contributed by atoms with van der Waals surface area (Å²) >= 11 is 2.26. The van der Waals surface area contributed by atoms with Crippen LogP contribution in [0.25, 0.3) is 10.2 Å². The highest BCUT2D eigenvalue weighted by molar-refractivity contribution is 8.03. The largest absolute Gasteiger partial charge is 0.465 e. The summed E-state index contributed by atoms with van der Waals surface area (Å²) in [5.74, 6) is -1.84. The van der Waals surface area contributed by atoms with Gasteiger partial charge in [0.05, 0.1) is 41.0 Å². The number of fused-ring (bicyclic) bond motifs is 6.